The first-order valence-corrected chi connectivity index (χ1v) is 6.64. The number of hydrogen-bond donors (Lipinski definition) is 1. The summed E-state index contributed by atoms with van der Waals surface area (Å²) in [5, 5.41) is 3.68. The highest BCUT2D eigenvalue weighted by molar-refractivity contribution is 4.73. The molecule has 1 heterocycles. The molecule has 0 aromatic rings. The molecule has 1 atom stereocenters. The van der Waals surface area contributed by atoms with Gasteiger partial charge in [-0.05, 0) is 79.4 Å². The number of piperidine rings is 1. The Hall–Kier alpha value is -0.120. The topological polar surface area (TPSA) is 18.5 Å². The van der Waals surface area contributed by atoms with Crippen LogP contribution in [0.5, 0.6) is 0 Å². The Kier molecular flexibility index (Phi) is 6.32. The summed E-state index contributed by atoms with van der Waals surface area (Å²) >= 11 is 0. The lowest BCUT2D eigenvalue weighted by atomic mass is 9.97. The zero-order valence-electron chi connectivity index (χ0n) is 11.5. The molecular formula is C13H29N3. The second-order valence-corrected chi connectivity index (χ2v) is 5.65. The molecule has 0 aromatic carbocycles. The molecule has 0 amide bonds. The predicted octanol–water partition coefficient (Wildman–Crippen LogP) is 1.26. The summed E-state index contributed by atoms with van der Waals surface area (Å²) in [4.78, 5) is 4.69. The van der Waals surface area contributed by atoms with E-state index in [4.69, 9.17) is 0 Å². The van der Waals surface area contributed by atoms with Gasteiger partial charge in [0.1, 0.15) is 0 Å². The van der Waals surface area contributed by atoms with Gasteiger partial charge in [-0.2, -0.15) is 0 Å². The molecule has 1 fully saturated rings. The van der Waals surface area contributed by atoms with Crippen LogP contribution in [0.4, 0.5) is 0 Å². The van der Waals surface area contributed by atoms with Gasteiger partial charge < -0.3 is 15.1 Å². The maximum atomic E-state index is 3.68. The van der Waals surface area contributed by atoms with E-state index in [2.05, 4.69) is 43.2 Å². The van der Waals surface area contributed by atoms with Gasteiger partial charge >= 0.3 is 0 Å². The lowest BCUT2D eigenvalue weighted by molar-refractivity contribution is 0.211. The van der Waals surface area contributed by atoms with Crippen LogP contribution < -0.4 is 5.32 Å². The second-order valence-electron chi connectivity index (χ2n) is 5.65. The van der Waals surface area contributed by atoms with Crippen LogP contribution in [0.25, 0.3) is 0 Å². The molecule has 1 aliphatic heterocycles. The van der Waals surface area contributed by atoms with Crippen LogP contribution in [0.1, 0.15) is 26.2 Å². The second kappa shape index (κ2) is 7.25. The van der Waals surface area contributed by atoms with Crippen molar-refractivity contribution in [2.45, 2.75) is 32.2 Å². The standard InChI is InChI=1S/C13H29N3/c1-12(5-8-15(2)3)14-11-13-6-9-16(4)10-7-13/h12-14H,5-11H2,1-4H3. The van der Waals surface area contributed by atoms with Crippen molar-refractivity contribution in [3.8, 4) is 0 Å². The van der Waals surface area contributed by atoms with E-state index in [-0.39, 0.29) is 0 Å². The summed E-state index contributed by atoms with van der Waals surface area (Å²) in [6, 6.07) is 0.655. The van der Waals surface area contributed by atoms with Gasteiger partial charge in [0.25, 0.3) is 0 Å². The van der Waals surface area contributed by atoms with Crippen LogP contribution in [0.2, 0.25) is 0 Å². The summed E-state index contributed by atoms with van der Waals surface area (Å²) < 4.78 is 0. The van der Waals surface area contributed by atoms with Crippen LogP contribution in [0, 0.1) is 5.92 Å². The van der Waals surface area contributed by atoms with Crippen LogP contribution in [0.3, 0.4) is 0 Å². The first-order valence-electron chi connectivity index (χ1n) is 6.64. The van der Waals surface area contributed by atoms with Crippen molar-refractivity contribution in [2.75, 3.05) is 47.3 Å². The number of rotatable bonds is 6. The Morgan fingerprint density at radius 2 is 1.94 bits per heavy atom. The van der Waals surface area contributed by atoms with E-state index in [9.17, 15) is 0 Å². The van der Waals surface area contributed by atoms with Crippen molar-refractivity contribution in [1.82, 2.24) is 15.1 Å². The SMILES string of the molecule is CC(CCN(C)C)NCC1CCN(C)CC1. The summed E-state index contributed by atoms with van der Waals surface area (Å²) in [6.45, 7) is 7.25. The molecule has 0 spiro atoms. The van der Waals surface area contributed by atoms with Crippen molar-refractivity contribution in [3.05, 3.63) is 0 Å². The first kappa shape index (κ1) is 13.9. The van der Waals surface area contributed by atoms with Crippen molar-refractivity contribution in [1.29, 1.82) is 0 Å². The highest BCUT2D eigenvalue weighted by Crippen LogP contribution is 2.14. The van der Waals surface area contributed by atoms with Crippen LogP contribution in [-0.4, -0.2) is 63.2 Å². The Balaban J connectivity index is 2.05. The van der Waals surface area contributed by atoms with E-state index in [0.29, 0.717) is 6.04 Å². The third-order valence-corrected chi connectivity index (χ3v) is 3.60. The van der Waals surface area contributed by atoms with E-state index in [0.717, 1.165) is 5.92 Å². The highest BCUT2D eigenvalue weighted by atomic mass is 15.1. The molecule has 0 aromatic heterocycles. The molecule has 3 nitrogen and oxygen atoms in total. The van der Waals surface area contributed by atoms with Crippen LogP contribution >= 0.6 is 0 Å². The summed E-state index contributed by atoms with van der Waals surface area (Å²) in [5.74, 6) is 0.901. The molecular weight excluding hydrogens is 198 g/mol. The van der Waals surface area contributed by atoms with Gasteiger partial charge in [-0.15, -0.1) is 0 Å². The van der Waals surface area contributed by atoms with Crippen molar-refractivity contribution < 1.29 is 0 Å². The smallest absolute Gasteiger partial charge is 0.00510 e. The summed E-state index contributed by atoms with van der Waals surface area (Å²) in [7, 11) is 6.51. The normalized spacial score (nSPS) is 21.6. The Morgan fingerprint density at radius 3 is 2.50 bits per heavy atom. The first-order chi connectivity index (χ1) is 7.58. The molecule has 1 saturated heterocycles. The van der Waals surface area contributed by atoms with Gasteiger partial charge in [0.2, 0.25) is 0 Å². The minimum Gasteiger partial charge on any atom is -0.314 e. The lowest BCUT2D eigenvalue weighted by Gasteiger charge is -2.30. The van der Waals surface area contributed by atoms with Crippen molar-refractivity contribution in [2.24, 2.45) is 5.92 Å². The average Bonchev–Trinajstić information content (AvgIpc) is 2.25. The maximum absolute atomic E-state index is 3.68. The van der Waals surface area contributed by atoms with E-state index in [1.807, 2.05) is 0 Å². The molecule has 0 saturated carbocycles. The Labute approximate surface area is 101 Å². The molecule has 3 heteroatoms. The van der Waals surface area contributed by atoms with Gasteiger partial charge in [0.15, 0.2) is 0 Å². The average molecular weight is 227 g/mol. The van der Waals surface area contributed by atoms with Gasteiger partial charge in [0, 0.05) is 6.04 Å². The Morgan fingerprint density at radius 1 is 1.31 bits per heavy atom. The zero-order chi connectivity index (χ0) is 12.0. The summed E-state index contributed by atoms with van der Waals surface area (Å²) in [6.07, 6.45) is 3.98. The van der Waals surface area contributed by atoms with Crippen molar-refractivity contribution in [3.63, 3.8) is 0 Å². The number of nitrogens with zero attached hydrogens (tertiary/aromatic N) is 2. The number of nitrogens with one attached hydrogen (secondary N) is 1. The molecule has 1 rings (SSSR count). The molecule has 0 radical (unpaired) electrons. The van der Waals surface area contributed by atoms with Crippen LogP contribution in [-0.2, 0) is 0 Å². The van der Waals surface area contributed by atoms with Gasteiger partial charge in [-0.1, -0.05) is 0 Å². The Bertz CT molecular complexity index is 174. The third-order valence-electron chi connectivity index (χ3n) is 3.60. The van der Waals surface area contributed by atoms with E-state index in [1.54, 1.807) is 0 Å². The summed E-state index contributed by atoms with van der Waals surface area (Å²) in [5.41, 5.74) is 0. The van der Waals surface area contributed by atoms with E-state index >= 15 is 0 Å². The van der Waals surface area contributed by atoms with Crippen molar-refractivity contribution >= 4 is 0 Å². The monoisotopic (exact) mass is 227 g/mol. The molecule has 1 unspecified atom stereocenters. The number of likely N-dealkylation sites (tertiary alicyclic amines) is 1. The van der Waals surface area contributed by atoms with Gasteiger partial charge in [-0.3, -0.25) is 0 Å². The highest BCUT2D eigenvalue weighted by Gasteiger charge is 2.16. The molecule has 1 aliphatic rings. The molecule has 1 N–H and O–H groups in total. The predicted molar refractivity (Wildman–Crippen MR) is 70.9 cm³/mol. The van der Waals surface area contributed by atoms with Crippen LogP contribution in [0.15, 0.2) is 0 Å². The fourth-order valence-corrected chi connectivity index (χ4v) is 2.19. The molecule has 16 heavy (non-hydrogen) atoms. The molecule has 0 bridgehead atoms. The zero-order valence-corrected chi connectivity index (χ0v) is 11.5. The lowest BCUT2D eigenvalue weighted by Crippen LogP contribution is -2.38. The van der Waals surface area contributed by atoms with Gasteiger partial charge in [-0.25, -0.2) is 0 Å². The van der Waals surface area contributed by atoms with E-state index in [1.165, 1.54) is 45.4 Å². The molecule has 0 aliphatic carbocycles. The van der Waals surface area contributed by atoms with E-state index < -0.39 is 0 Å². The maximum Gasteiger partial charge on any atom is 0.00510 e. The minimum atomic E-state index is 0.655. The minimum absolute atomic E-state index is 0.655. The largest absolute Gasteiger partial charge is 0.314 e. The van der Waals surface area contributed by atoms with Gasteiger partial charge in [0.05, 0.1) is 0 Å². The number of hydrogen-bond acceptors (Lipinski definition) is 3. The fraction of sp³-hybridized carbons (Fsp3) is 1.00. The third kappa shape index (κ3) is 5.83. The quantitative estimate of drug-likeness (QED) is 0.737. The fourth-order valence-electron chi connectivity index (χ4n) is 2.19. The molecule has 96 valence electrons.